The highest BCUT2D eigenvalue weighted by Gasteiger charge is 2.10. The van der Waals surface area contributed by atoms with Crippen LogP contribution < -0.4 is 4.74 Å². The van der Waals surface area contributed by atoms with Crippen molar-refractivity contribution in [2.75, 3.05) is 0 Å². The van der Waals surface area contributed by atoms with Gasteiger partial charge in [0.15, 0.2) is 6.29 Å². The molecule has 1 rings (SSSR count). The highest BCUT2D eigenvalue weighted by atomic mass is 19.3. The van der Waals surface area contributed by atoms with E-state index in [9.17, 15) is 18.4 Å². The monoisotopic (exact) mass is 214 g/mol. The molecule has 0 radical (unpaired) electrons. The molecule has 0 bridgehead atoms. The van der Waals surface area contributed by atoms with Gasteiger partial charge in [-0.1, -0.05) is 0 Å². The average molecular weight is 214 g/mol. The molecule has 0 atom stereocenters. The zero-order valence-corrected chi connectivity index (χ0v) is 7.87. The molecule has 15 heavy (non-hydrogen) atoms. The summed E-state index contributed by atoms with van der Waals surface area (Å²) in [7, 11) is 0. The number of benzene rings is 1. The Morgan fingerprint density at radius 3 is 2.60 bits per heavy atom. The van der Waals surface area contributed by atoms with Gasteiger partial charge < -0.3 is 4.74 Å². The molecule has 0 spiro atoms. The summed E-state index contributed by atoms with van der Waals surface area (Å²) in [6, 6.07) is 3.83. The van der Waals surface area contributed by atoms with Crippen molar-refractivity contribution < 1.29 is 23.1 Å². The fraction of sp³-hybridized carbons (Fsp3) is 0.200. The number of alkyl halides is 2. The highest BCUT2D eigenvalue weighted by Crippen LogP contribution is 2.21. The number of carbonyl (C=O) groups is 2. The Hall–Kier alpha value is -1.78. The SMILES string of the molecule is Cc1cc(C(=O)C=O)ccc1OC(F)F. The Kier molecular flexibility index (Phi) is 3.49. The lowest BCUT2D eigenvalue weighted by Crippen LogP contribution is -2.05. The van der Waals surface area contributed by atoms with Gasteiger partial charge in [-0.15, -0.1) is 0 Å². The molecule has 0 aliphatic heterocycles. The normalized spacial score (nSPS) is 10.1. The Morgan fingerprint density at radius 2 is 2.13 bits per heavy atom. The van der Waals surface area contributed by atoms with Crippen LogP contribution in [-0.2, 0) is 4.79 Å². The second-order valence-corrected chi connectivity index (χ2v) is 2.84. The van der Waals surface area contributed by atoms with Crippen LogP contribution in [0, 0.1) is 6.92 Å². The number of halogens is 2. The third-order valence-electron chi connectivity index (χ3n) is 1.78. The predicted octanol–water partition coefficient (Wildman–Crippen LogP) is 1.98. The summed E-state index contributed by atoms with van der Waals surface area (Å²) < 4.78 is 27.9. The number of hydrogen-bond acceptors (Lipinski definition) is 3. The predicted molar refractivity (Wildman–Crippen MR) is 48.2 cm³/mol. The third kappa shape index (κ3) is 2.83. The van der Waals surface area contributed by atoms with Gasteiger partial charge in [0.2, 0.25) is 5.78 Å². The summed E-state index contributed by atoms with van der Waals surface area (Å²) in [5.74, 6) is -0.700. The first kappa shape index (κ1) is 11.3. The molecule has 0 heterocycles. The van der Waals surface area contributed by atoms with Crippen LogP contribution >= 0.6 is 0 Å². The zero-order chi connectivity index (χ0) is 11.4. The number of ether oxygens (including phenoxy) is 1. The second-order valence-electron chi connectivity index (χ2n) is 2.84. The van der Waals surface area contributed by atoms with E-state index in [-0.39, 0.29) is 17.6 Å². The van der Waals surface area contributed by atoms with Crippen molar-refractivity contribution in [1.29, 1.82) is 0 Å². The molecule has 0 aromatic heterocycles. The first-order chi connectivity index (χ1) is 7.04. The van der Waals surface area contributed by atoms with E-state index in [1.54, 1.807) is 0 Å². The molecule has 0 aliphatic rings. The van der Waals surface area contributed by atoms with Gasteiger partial charge in [-0.3, -0.25) is 9.59 Å². The van der Waals surface area contributed by atoms with Crippen molar-refractivity contribution >= 4 is 12.1 Å². The summed E-state index contributed by atoms with van der Waals surface area (Å²) in [6.45, 7) is -1.39. The molecular formula is C10H8F2O3. The van der Waals surface area contributed by atoms with E-state index in [1.165, 1.54) is 25.1 Å². The van der Waals surface area contributed by atoms with Crippen LogP contribution in [0.25, 0.3) is 0 Å². The fourth-order valence-electron chi connectivity index (χ4n) is 1.10. The maximum Gasteiger partial charge on any atom is 0.387 e. The van der Waals surface area contributed by atoms with Gasteiger partial charge in [0, 0.05) is 5.56 Å². The molecule has 0 amide bonds. The standard InChI is InChI=1S/C10H8F2O3/c1-6-4-7(8(14)5-13)2-3-9(6)15-10(11)12/h2-5,10H,1H3. The maximum absolute atomic E-state index is 11.9. The first-order valence-corrected chi connectivity index (χ1v) is 4.09. The zero-order valence-electron chi connectivity index (χ0n) is 7.87. The fourth-order valence-corrected chi connectivity index (χ4v) is 1.10. The van der Waals surface area contributed by atoms with E-state index in [0.29, 0.717) is 5.56 Å². The highest BCUT2D eigenvalue weighted by molar-refractivity contribution is 6.33. The van der Waals surface area contributed by atoms with Crippen LogP contribution in [0.5, 0.6) is 5.75 Å². The van der Waals surface area contributed by atoms with Crippen molar-refractivity contribution in [3.05, 3.63) is 29.3 Å². The molecule has 80 valence electrons. The van der Waals surface area contributed by atoms with Crippen molar-refractivity contribution in [2.24, 2.45) is 0 Å². The number of rotatable bonds is 4. The van der Waals surface area contributed by atoms with E-state index in [0.717, 1.165) is 0 Å². The second kappa shape index (κ2) is 4.63. The Labute approximate surface area is 84.7 Å². The molecule has 3 nitrogen and oxygen atoms in total. The topological polar surface area (TPSA) is 43.4 Å². The Morgan fingerprint density at radius 1 is 1.47 bits per heavy atom. The van der Waals surface area contributed by atoms with Crippen molar-refractivity contribution in [1.82, 2.24) is 0 Å². The Bertz CT molecular complexity index is 388. The van der Waals surface area contributed by atoms with Crippen LogP contribution in [0.15, 0.2) is 18.2 Å². The van der Waals surface area contributed by atoms with E-state index in [1.807, 2.05) is 0 Å². The molecule has 0 fully saturated rings. The molecule has 0 saturated carbocycles. The van der Waals surface area contributed by atoms with Gasteiger partial charge in [-0.25, -0.2) is 0 Å². The smallest absolute Gasteiger partial charge is 0.387 e. The lowest BCUT2D eigenvalue weighted by Gasteiger charge is -2.07. The minimum Gasteiger partial charge on any atom is -0.435 e. The largest absolute Gasteiger partial charge is 0.435 e. The van der Waals surface area contributed by atoms with E-state index < -0.39 is 12.4 Å². The number of hydrogen-bond donors (Lipinski definition) is 0. The minimum atomic E-state index is -2.91. The quantitative estimate of drug-likeness (QED) is 0.437. The van der Waals surface area contributed by atoms with Gasteiger partial charge in [-0.2, -0.15) is 8.78 Å². The first-order valence-electron chi connectivity index (χ1n) is 4.09. The summed E-state index contributed by atoms with van der Waals surface area (Å²) in [5.41, 5.74) is 0.534. The van der Waals surface area contributed by atoms with Crippen LogP contribution in [0.1, 0.15) is 15.9 Å². The van der Waals surface area contributed by atoms with Crippen LogP contribution in [0.2, 0.25) is 0 Å². The molecule has 0 aliphatic carbocycles. The summed E-state index contributed by atoms with van der Waals surface area (Å²) in [4.78, 5) is 21.1. The van der Waals surface area contributed by atoms with E-state index in [4.69, 9.17) is 0 Å². The molecule has 1 aromatic rings. The number of ketones is 1. The molecule has 5 heteroatoms. The molecule has 0 saturated heterocycles. The summed E-state index contributed by atoms with van der Waals surface area (Å²) in [6.07, 6.45) is 0.169. The van der Waals surface area contributed by atoms with Crippen molar-refractivity contribution in [3.8, 4) is 5.75 Å². The number of carbonyl (C=O) groups excluding carboxylic acids is 2. The lowest BCUT2D eigenvalue weighted by atomic mass is 10.1. The number of aryl methyl sites for hydroxylation is 1. The van der Waals surface area contributed by atoms with Crippen molar-refractivity contribution in [3.63, 3.8) is 0 Å². The van der Waals surface area contributed by atoms with E-state index >= 15 is 0 Å². The van der Waals surface area contributed by atoms with E-state index in [2.05, 4.69) is 4.74 Å². The van der Waals surface area contributed by atoms with Gasteiger partial charge in [0.05, 0.1) is 0 Å². The van der Waals surface area contributed by atoms with Crippen LogP contribution in [0.3, 0.4) is 0 Å². The Balaban J connectivity index is 2.97. The third-order valence-corrected chi connectivity index (χ3v) is 1.78. The maximum atomic E-state index is 11.9. The van der Waals surface area contributed by atoms with Crippen LogP contribution in [-0.4, -0.2) is 18.7 Å². The molecular weight excluding hydrogens is 206 g/mol. The lowest BCUT2D eigenvalue weighted by molar-refractivity contribution is -0.104. The van der Waals surface area contributed by atoms with Gasteiger partial charge >= 0.3 is 6.61 Å². The summed E-state index contributed by atoms with van der Waals surface area (Å²) >= 11 is 0. The van der Waals surface area contributed by atoms with Gasteiger partial charge in [0.1, 0.15) is 5.75 Å². The van der Waals surface area contributed by atoms with Crippen LogP contribution in [0.4, 0.5) is 8.78 Å². The summed E-state index contributed by atoms with van der Waals surface area (Å²) in [5, 5.41) is 0. The average Bonchev–Trinajstić information content (AvgIpc) is 2.19. The minimum absolute atomic E-state index is 0.00699. The van der Waals surface area contributed by atoms with Gasteiger partial charge in [0.25, 0.3) is 0 Å². The number of aldehydes is 1. The molecule has 0 N–H and O–H groups in total. The number of Topliss-reactive ketones (excluding diaryl/α,β-unsaturated/α-hetero) is 1. The molecule has 1 aromatic carbocycles. The van der Waals surface area contributed by atoms with Crippen molar-refractivity contribution in [2.45, 2.75) is 13.5 Å². The molecule has 0 unspecified atom stereocenters. The van der Waals surface area contributed by atoms with Gasteiger partial charge in [-0.05, 0) is 30.7 Å².